The van der Waals surface area contributed by atoms with Crippen LogP contribution in [0.1, 0.15) is 6.92 Å². The van der Waals surface area contributed by atoms with Crippen LogP contribution < -0.4 is 5.43 Å². The Bertz CT molecular complexity index is 297. The van der Waals surface area contributed by atoms with E-state index < -0.39 is 24.4 Å². The molecular formula is C2H8N2O6S2. The lowest BCUT2D eigenvalue weighted by Gasteiger charge is -2.13. The molecule has 74 valence electrons. The third kappa shape index (κ3) is 3.42. The summed E-state index contributed by atoms with van der Waals surface area (Å²) in [6.07, 6.45) is 0. The molecule has 0 radical (unpaired) electrons. The summed E-state index contributed by atoms with van der Waals surface area (Å²) >= 11 is 0. The van der Waals surface area contributed by atoms with Crippen LogP contribution in [0.3, 0.4) is 0 Å². The molecule has 0 fully saturated rings. The minimum absolute atomic E-state index is 0.0976. The summed E-state index contributed by atoms with van der Waals surface area (Å²) in [6, 6.07) is 0. The topological polar surface area (TPSA) is 124 Å². The van der Waals surface area contributed by atoms with Crippen molar-refractivity contribution in [2.24, 2.45) is 0 Å². The SMILES string of the molecule is CCNN(S(=O)(=O)O)S(=O)(=O)O. The van der Waals surface area contributed by atoms with E-state index in [1.807, 2.05) is 0 Å². The molecule has 0 aromatic carbocycles. The molecule has 0 aliphatic carbocycles. The molecule has 0 aromatic heterocycles. The van der Waals surface area contributed by atoms with E-state index >= 15 is 0 Å². The highest BCUT2D eigenvalue weighted by Crippen LogP contribution is 1.98. The van der Waals surface area contributed by atoms with Gasteiger partial charge in [-0.15, -0.1) is 0 Å². The molecule has 0 aliphatic rings. The average Bonchev–Trinajstić information content (AvgIpc) is 1.77. The zero-order chi connectivity index (χ0) is 9.99. The van der Waals surface area contributed by atoms with Gasteiger partial charge in [0.25, 0.3) is 0 Å². The molecule has 3 N–H and O–H groups in total. The Balaban J connectivity index is 4.97. The summed E-state index contributed by atoms with van der Waals surface area (Å²) in [7, 11) is -10.0. The maximum Gasteiger partial charge on any atom is 0.364 e. The average molecular weight is 220 g/mol. The Morgan fingerprint density at radius 1 is 1.17 bits per heavy atom. The number of hydrogen-bond acceptors (Lipinski definition) is 5. The van der Waals surface area contributed by atoms with Gasteiger partial charge in [0.2, 0.25) is 0 Å². The van der Waals surface area contributed by atoms with Gasteiger partial charge >= 0.3 is 20.6 Å². The number of nitrogens with one attached hydrogen (secondary N) is 1. The Morgan fingerprint density at radius 3 is 1.58 bits per heavy atom. The lowest BCUT2D eigenvalue weighted by molar-refractivity contribution is 0.342. The molecule has 0 aliphatic heterocycles. The largest absolute Gasteiger partial charge is 0.364 e. The molecule has 0 unspecified atom stereocenters. The van der Waals surface area contributed by atoms with Crippen molar-refractivity contribution in [2.45, 2.75) is 6.92 Å². The van der Waals surface area contributed by atoms with Crippen LogP contribution in [-0.4, -0.2) is 36.3 Å². The summed E-state index contributed by atoms with van der Waals surface area (Å²) in [6.45, 7) is 1.28. The van der Waals surface area contributed by atoms with Crippen molar-refractivity contribution >= 4 is 20.6 Å². The maximum atomic E-state index is 10.2. The van der Waals surface area contributed by atoms with Gasteiger partial charge in [-0.05, 0) is 0 Å². The molecule has 10 heteroatoms. The molecule has 0 saturated carbocycles. The fraction of sp³-hybridized carbons (Fsp3) is 1.00. The second-order valence-electron chi connectivity index (χ2n) is 1.66. The molecule has 0 spiro atoms. The van der Waals surface area contributed by atoms with Crippen LogP contribution in [0.15, 0.2) is 0 Å². The second-order valence-corrected chi connectivity index (χ2v) is 4.42. The smallest absolute Gasteiger partial charge is 0.272 e. The van der Waals surface area contributed by atoms with Crippen molar-refractivity contribution in [1.82, 2.24) is 9.25 Å². The van der Waals surface area contributed by atoms with Gasteiger partial charge in [0.15, 0.2) is 0 Å². The Kier molecular flexibility index (Phi) is 3.56. The van der Waals surface area contributed by atoms with Crippen LogP contribution in [0.25, 0.3) is 0 Å². The van der Waals surface area contributed by atoms with E-state index in [4.69, 9.17) is 9.11 Å². The summed E-state index contributed by atoms with van der Waals surface area (Å²) < 4.78 is 56.8. The summed E-state index contributed by atoms with van der Waals surface area (Å²) in [5.74, 6) is 0. The van der Waals surface area contributed by atoms with Gasteiger partial charge in [-0.2, -0.15) is 16.8 Å². The highest BCUT2D eigenvalue weighted by molar-refractivity contribution is 7.98. The van der Waals surface area contributed by atoms with Crippen LogP contribution in [0.2, 0.25) is 0 Å². The van der Waals surface area contributed by atoms with Gasteiger partial charge in [0.1, 0.15) is 0 Å². The summed E-state index contributed by atoms with van der Waals surface area (Å²) in [5, 5.41) is 0. The molecule has 0 atom stereocenters. The molecule has 0 rings (SSSR count). The first kappa shape index (κ1) is 11.7. The van der Waals surface area contributed by atoms with Crippen LogP contribution in [0.5, 0.6) is 0 Å². The van der Waals surface area contributed by atoms with Gasteiger partial charge < -0.3 is 0 Å². The van der Waals surface area contributed by atoms with Crippen LogP contribution in [-0.2, 0) is 20.6 Å². The predicted octanol–water partition coefficient (Wildman–Crippen LogP) is -1.58. The van der Waals surface area contributed by atoms with Gasteiger partial charge in [-0.3, -0.25) is 9.11 Å². The Morgan fingerprint density at radius 2 is 1.50 bits per heavy atom. The third-order valence-corrected chi connectivity index (χ3v) is 2.93. The first-order chi connectivity index (χ1) is 5.19. The van der Waals surface area contributed by atoms with Gasteiger partial charge in [-0.1, -0.05) is 6.92 Å². The monoisotopic (exact) mass is 220 g/mol. The molecule has 0 bridgehead atoms. The molecule has 0 saturated heterocycles. The minimum atomic E-state index is -5.00. The van der Waals surface area contributed by atoms with E-state index in [0.29, 0.717) is 0 Å². The lowest BCUT2D eigenvalue weighted by Crippen LogP contribution is -2.46. The minimum Gasteiger partial charge on any atom is -0.272 e. The molecule has 0 aromatic rings. The molecule has 0 amide bonds. The van der Waals surface area contributed by atoms with Crippen molar-refractivity contribution in [3.8, 4) is 0 Å². The predicted molar refractivity (Wildman–Crippen MR) is 38.6 cm³/mol. The van der Waals surface area contributed by atoms with Crippen LogP contribution >= 0.6 is 0 Å². The third-order valence-electron chi connectivity index (χ3n) is 0.706. The highest BCUT2D eigenvalue weighted by atomic mass is 32.3. The summed E-state index contributed by atoms with van der Waals surface area (Å²) in [5.41, 5.74) is 1.72. The number of nitrogens with zero attached hydrogens (tertiary/aromatic N) is 1. The van der Waals surface area contributed by atoms with Crippen molar-refractivity contribution in [3.05, 3.63) is 0 Å². The zero-order valence-corrected chi connectivity index (χ0v) is 7.63. The van der Waals surface area contributed by atoms with E-state index in [1.165, 1.54) is 6.92 Å². The number of hydrazine groups is 1. The highest BCUT2D eigenvalue weighted by Gasteiger charge is 2.30. The van der Waals surface area contributed by atoms with E-state index in [0.717, 1.165) is 0 Å². The van der Waals surface area contributed by atoms with Crippen molar-refractivity contribution in [1.29, 1.82) is 0 Å². The van der Waals surface area contributed by atoms with Crippen LogP contribution in [0.4, 0.5) is 0 Å². The van der Waals surface area contributed by atoms with Crippen molar-refractivity contribution in [3.63, 3.8) is 0 Å². The van der Waals surface area contributed by atoms with E-state index in [2.05, 4.69) is 0 Å². The van der Waals surface area contributed by atoms with Gasteiger partial charge in [0, 0.05) is 10.4 Å². The first-order valence-electron chi connectivity index (χ1n) is 2.68. The van der Waals surface area contributed by atoms with Gasteiger partial charge in [0.05, 0.1) is 0 Å². The number of hydrogen-bond donors (Lipinski definition) is 3. The fourth-order valence-electron chi connectivity index (χ4n) is 0.411. The Hall–Kier alpha value is -0.260. The van der Waals surface area contributed by atoms with Crippen LogP contribution in [0, 0.1) is 0 Å². The molecule has 0 heterocycles. The second kappa shape index (κ2) is 3.64. The van der Waals surface area contributed by atoms with Crippen molar-refractivity contribution < 1.29 is 25.9 Å². The zero-order valence-electron chi connectivity index (χ0n) is 6.00. The van der Waals surface area contributed by atoms with Crippen molar-refractivity contribution in [2.75, 3.05) is 6.54 Å². The molecule has 8 nitrogen and oxygen atoms in total. The standard InChI is InChI=1S/C2H8N2O6S2/c1-2-3-4(11(5,6)7)12(8,9)10/h3H,2H2,1H3,(H,5,6,7)(H,8,9,10). The number of rotatable bonds is 4. The summed E-state index contributed by atoms with van der Waals surface area (Å²) in [4.78, 5) is 0. The normalized spacial score (nSPS) is 13.7. The molecular weight excluding hydrogens is 212 g/mol. The quantitative estimate of drug-likeness (QED) is 0.385. The fourth-order valence-corrected chi connectivity index (χ4v) is 1.95. The van der Waals surface area contributed by atoms with Gasteiger partial charge in [-0.25, -0.2) is 5.43 Å². The first-order valence-corrected chi connectivity index (χ1v) is 5.48. The van der Waals surface area contributed by atoms with E-state index in [-0.39, 0.29) is 6.54 Å². The lowest BCUT2D eigenvalue weighted by atomic mass is 10.8. The molecule has 12 heavy (non-hydrogen) atoms. The maximum absolute atomic E-state index is 10.2. The Labute approximate surface area is 69.9 Å². The van der Waals surface area contributed by atoms with E-state index in [1.54, 1.807) is 5.43 Å². The van der Waals surface area contributed by atoms with E-state index in [9.17, 15) is 16.8 Å².